The summed E-state index contributed by atoms with van der Waals surface area (Å²) in [7, 11) is 0. The van der Waals surface area contributed by atoms with Crippen molar-refractivity contribution in [3.8, 4) is 0 Å². The van der Waals surface area contributed by atoms with Crippen molar-refractivity contribution >= 4 is 17.9 Å². The topological polar surface area (TPSA) is 78.9 Å². The maximum atomic E-state index is 13.0. The monoisotopic (exact) mass is 1130 g/mol. The lowest BCUT2D eigenvalue weighted by molar-refractivity contribution is -0.167. The van der Waals surface area contributed by atoms with Crippen LogP contribution in [0.3, 0.4) is 0 Å². The molecule has 0 aliphatic heterocycles. The third kappa shape index (κ3) is 67.3. The van der Waals surface area contributed by atoms with Gasteiger partial charge in [-0.15, -0.1) is 0 Å². The summed E-state index contributed by atoms with van der Waals surface area (Å²) < 4.78 is 17.0. The van der Waals surface area contributed by atoms with Crippen LogP contribution >= 0.6 is 0 Å². The predicted octanol–water partition coefficient (Wildman–Crippen LogP) is 24.2. The largest absolute Gasteiger partial charge is 0.462 e. The first-order chi connectivity index (χ1) is 40.0. The van der Waals surface area contributed by atoms with Gasteiger partial charge in [0.1, 0.15) is 13.2 Å². The van der Waals surface area contributed by atoms with Gasteiger partial charge in [-0.3, -0.25) is 14.4 Å². The summed E-state index contributed by atoms with van der Waals surface area (Å²) in [5, 5.41) is 0. The van der Waals surface area contributed by atoms with E-state index in [1.165, 1.54) is 199 Å². The molecule has 0 fully saturated rings. The molecule has 0 aromatic rings. The van der Waals surface area contributed by atoms with Gasteiger partial charge in [-0.1, -0.05) is 324 Å². The smallest absolute Gasteiger partial charge is 0.306 e. The number of hydrogen-bond donors (Lipinski definition) is 0. The summed E-state index contributed by atoms with van der Waals surface area (Å²) in [5.74, 6) is -0.902. The molecule has 0 aliphatic carbocycles. The molecule has 0 N–H and O–H groups in total. The lowest BCUT2D eigenvalue weighted by atomic mass is 10.0. The highest BCUT2D eigenvalue weighted by molar-refractivity contribution is 5.71. The normalized spacial score (nSPS) is 12.6. The molecule has 0 radical (unpaired) electrons. The molecule has 0 rings (SSSR count). The molecule has 0 amide bonds. The Labute approximate surface area is 503 Å². The van der Waals surface area contributed by atoms with Crippen LogP contribution in [0.4, 0.5) is 0 Å². The molecule has 0 aromatic heterocycles. The van der Waals surface area contributed by atoms with Gasteiger partial charge in [-0.05, 0) is 96.3 Å². The lowest BCUT2D eigenvalue weighted by Gasteiger charge is -2.18. The van der Waals surface area contributed by atoms with E-state index in [1.54, 1.807) is 0 Å². The first-order valence-electron chi connectivity index (χ1n) is 35.1. The standard InChI is InChI=1S/C75H132O6/c1-4-7-10-13-16-19-22-25-28-31-33-35-37-39-40-42-44-47-50-53-56-59-62-65-68-74(77)80-71-72(70-79-73(76)67-64-61-58-55-52-49-46-30-27-24-21-18-15-12-9-6-3)81-75(78)69-66-63-60-57-54-51-48-45-43-41-38-36-34-32-29-26-23-20-17-14-11-8-5-2/h8,11,17,20,26,29-30,34,36,41,43,46,48,51,72H,4-7,9-10,12-16,18-19,21-25,27-28,31-33,35,37-40,42,44-45,47,49-50,52-71H2,1-3H3/b11-8-,20-17-,29-26-,36-34-,43-41-,46-30-,51-48-. The van der Waals surface area contributed by atoms with Crippen LogP contribution < -0.4 is 0 Å². The zero-order chi connectivity index (χ0) is 58.5. The minimum Gasteiger partial charge on any atom is -0.462 e. The molecule has 6 nitrogen and oxygen atoms in total. The number of hydrogen-bond acceptors (Lipinski definition) is 6. The predicted molar refractivity (Wildman–Crippen MR) is 353 cm³/mol. The second kappa shape index (κ2) is 69.1. The van der Waals surface area contributed by atoms with Crippen molar-refractivity contribution in [2.24, 2.45) is 0 Å². The second-order valence-electron chi connectivity index (χ2n) is 23.4. The SMILES string of the molecule is CC/C=C\C/C=C\C/C=C\C/C=C\C/C=C\C/C=C\CCCCCCC(=O)OC(COC(=O)CCCCCCC/C=C\CCCCCCCCC)COC(=O)CCCCCCCCCCCCCCCCCCCCCCCCCC. The van der Waals surface area contributed by atoms with Crippen LogP contribution in [-0.2, 0) is 28.6 Å². The Morgan fingerprint density at radius 1 is 0.259 bits per heavy atom. The van der Waals surface area contributed by atoms with Crippen molar-refractivity contribution in [2.75, 3.05) is 13.2 Å². The van der Waals surface area contributed by atoms with Gasteiger partial charge in [0.25, 0.3) is 0 Å². The van der Waals surface area contributed by atoms with Gasteiger partial charge >= 0.3 is 17.9 Å². The highest BCUT2D eigenvalue weighted by Crippen LogP contribution is 2.18. The fraction of sp³-hybridized carbons (Fsp3) is 0.773. The van der Waals surface area contributed by atoms with Gasteiger partial charge < -0.3 is 14.2 Å². The van der Waals surface area contributed by atoms with Crippen LogP contribution in [0.25, 0.3) is 0 Å². The molecule has 0 heterocycles. The van der Waals surface area contributed by atoms with E-state index in [4.69, 9.17) is 14.2 Å². The second-order valence-corrected chi connectivity index (χ2v) is 23.4. The number of carbonyl (C=O) groups excluding carboxylic acids is 3. The maximum absolute atomic E-state index is 13.0. The van der Waals surface area contributed by atoms with E-state index in [1.807, 2.05) is 0 Å². The molecule has 0 saturated carbocycles. The van der Waals surface area contributed by atoms with Gasteiger partial charge in [0, 0.05) is 19.3 Å². The zero-order valence-corrected chi connectivity index (χ0v) is 53.8. The number of ether oxygens (including phenoxy) is 3. The van der Waals surface area contributed by atoms with Crippen LogP contribution in [0.1, 0.15) is 355 Å². The van der Waals surface area contributed by atoms with Crippen LogP contribution in [0, 0.1) is 0 Å². The molecule has 0 saturated heterocycles. The minimum atomic E-state index is -0.795. The average Bonchev–Trinajstić information content (AvgIpc) is 3.47. The minimum absolute atomic E-state index is 0.0866. The van der Waals surface area contributed by atoms with E-state index in [0.29, 0.717) is 19.3 Å². The van der Waals surface area contributed by atoms with E-state index < -0.39 is 6.10 Å². The quantitative estimate of drug-likeness (QED) is 0.0261. The summed E-state index contributed by atoms with van der Waals surface area (Å²) in [6.45, 7) is 6.55. The van der Waals surface area contributed by atoms with Crippen molar-refractivity contribution in [3.63, 3.8) is 0 Å². The maximum Gasteiger partial charge on any atom is 0.306 e. The molecule has 6 heteroatoms. The Morgan fingerprint density at radius 3 is 0.765 bits per heavy atom. The van der Waals surface area contributed by atoms with Crippen LogP contribution in [-0.4, -0.2) is 37.2 Å². The van der Waals surface area contributed by atoms with Crippen molar-refractivity contribution in [1.29, 1.82) is 0 Å². The molecule has 468 valence electrons. The molecule has 1 atom stereocenters. The van der Waals surface area contributed by atoms with Gasteiger partial charge in [0.15, 0.2) is 6.10 Å². The number of rotatable bonds is 64. The summed E-state index contributed by atoms with van der Waals surface area (Å²) in [4.78, 5) is 38.5. The first kappa shape index (κ1) is 77.6. The number of allylic oxidation sites excluding steroid dienone is 14. The summed E-state index contributed by atoms with van der Waals surface area (Å²) in [6.07, 6.45) is 91.8. The van der Waals surface area contributed by atoms with Crippen LogP contribution in [0.15, 0.2) is 85.1 Å². The van der Waals surface area contributed by atoms with Crippen molar-refractivity contribution in [1.82, 2.24) is 0 Å². The van der Waals surface area contributed by atoms with Gasteiger partial charge in [-0.25, -0.2) is 0 Å². The Kier molecular flexibility index (Phi) is 66.2. The Balaban J connectivity index is 4.38. The summed E-state index contributed by atoms with van der Waals surface area (Å²) in [6, 6.07) is 0. The molecule has 0 spiro atoms. The van der Waals surface area contributed by atoms with E-state index in [-0.39, 0.29) is 31.1 Å². The Bertz CT molecular complexity index is 1530. The van der Waals surface area contributed by atoms with Crippen LogP contribution in [0.2, 0.25) is 0 Å². The van der Waals surface area contributed by atoms with Crippen molar-refractivity contribution in [3.05, 3.63) is 85.1 Å². The fourth-order valence-electron chi connectivity index (χ4n) is 10.2. The van der Waals surface area contributed by atoms with E-state index >= 15 is 0 Å². The van der Waals surface area contributed by atoms with E-state index in [9.17, 15) is 14.4 Å². The molecular weight excluding hydrogens is 997 g/mol. The van der Waals surface area contributed by atoms with E-state index in [0.717, 1.165) is 116 Å². The number of esters is 3. The highest BCUT2D eigenvalue weighted by Gasteiger charge is 2.19. The van der Waals surface area contributed by atoms with Gasteiger partial charge in [0.05, 0.1) is 0 Å². The molecular formula is C75H132O6. The summed E-state index contributed by atoms with van der Waals surface area (Å²) >= 11 is 0. The number of carbonyl (C=O) groups is 3. The molecule has 81 heavy (non-hydrogen) atoms. The van der Waals surface area contributed by atoms with Crippen LogP contribution in [0.5, 0.6) is 0 Å². The number of unbranched alkanes of at least 4 members (excludes halogenated alkanes) is 39. The molecule has 1 unspecified atom stereocenters. The van der Waals surface area contributed by atoms with Gasteiger partial charge in [0.2, 0.25) is 0 Å². The average molecular weight is 1130 g/mol. The van der Waals surface area contributed by atoms with Gasteiger partial charge in [-0.2, -0.15) is 0 Å². The third-order valence-electron chi connectivity index (χ3n) is 15.4. The third-order valence-corrected chi connectivity index (χ3v) is 15.4. The van der Waals surface area contributed by atoms with Crippen molar-refractivity contribution in [2.45, 2.75) is 361 Å². The Hall–Kier alpha value is -3.41. The Morgan fingerprint density at radius 2 is 0.481 bits per heavy atom. The molecule has 0 aromatic carbocycles. The highest BCUT2D eigenvalue weighted by atomic mass is 16.6. The zero-order valence-electron chi connectivity index (χ0n) is 53.8. The summed E-state index contributed by atoms with van der Waals surface area (Å²) in [5.41, 5.74) is 0. The van der Waals surface area contributed by atoms with Crippen molar-refractivity contribution < 1.29 is 28.6 Å². The van der Waals surface area contributed by atoms with E-state index in [2.05, 4.69) is 106 Å². The first-order valence-corrected chi connectivity index (χ1v) is 35.1. The molecule has 0 aliphatic rings. The fourth-order valence-corrected chi connectivity index (χ4v) is 10.2. The molecule has 0 bridgehead atoms. The lowest BCUT2D eigenvalue weighted by Crippen LogP contribution is -2.30.